The normalized spacial score (nSPS) is 28.4. The van der Waals surface area contributed by atoms with Crippen LogP contribution in [0.5, 0.6) is 0 Å². The number of likely N-dealkylation sites (tertiary alicyclic amines) is 1. The summed E-state index contributed by atoms with van der Waals surface area (Å²) in [5.74, 6) is -1.25. The van der Waals surface area contributed by atoms with E-state index in [9.17, 15) is 14.0 Å². The zero-order valence-electron chi connectivity index (χ0n) is 9.52. The molecule has 0 radical (unpaired) electrons. The van der Waals surface area contributed by atoms with Gasteiger partial charge in [0.2, 0.25) is 11.6 Å². The minimum Gasteiger partial charge on any atom is -0.479 e. The van der Waals surface area contributed by atoms with Crippen molar-refractivity contribution in [1.29, 1.82) is 0 Å². The Morgan fingerprint density at radius 1 is 1.47 bits per heavy atom. The Hall–Kier alpha value is -1.17. The van der Waals surface area contributed by atoms with Crippen LogP contribution in [0.1, 0.15) is 19.3 Å². The van der Waals surface area contributed by atoms with Gasteiger partial charge in [-0.05, 0) is 18.8 Å². The fraction of sp³-hybridized carbons (Fsp3) is 0.818. The van der Waals surface area contributed by atoms with Crippen LogP contribution in [-0.2, 0) is 14.3 Å². The molecule has 1 aliphatic carbocycles. The maximum atomic E-state index is 13.7. The molecular formula is C11H16FNO4. The van der Waals surface area contributed by atoms with E-state index in [2.05, 4.69) is 0 Å². The molecule has 2 rings (SSSR count). The molecule has 1 amide bonds. The fourth-order valence-electron chi connectivity index (χ4n) is 1.85. The van der Waals surface area contributed by atoms with E-state index in [0.717, 1.165) is 12.8 Å². The maximum absolute atomic E-state index is 13.7. The van der Waals surface area contributed by atoms with Gasteiger partial charge >= 0.3 is 5.97 Å². The Balaban J connectivity index is 1.74. The van der Waals surface area contributed by atoms with Crippen molar-refractivity contribution in [3.05, 3.63) is 0 Å². The molecule has 5 nitrogen and oxygen atoms in total. The van der Waals surface area contributed by atoms with Crippen LogP contribution in [0.2, 0.25) is 0 Å². The lowest BCUT2D eigenvalue weighted by Gasteiger charge is -2.17. The highest BCUT2D eigenvalue weighted by molar-refractivity contribution is 5.82. The molecule has 1 saturated heterocycles. The molecule has 0 aromatic heterocycles. The lowest BCUT2D eigenvalue weighted by Crippen LogP contribution is -2.40. The molecule has 1 N–H and O–H groups in total. The van der Waals surface area contributed by atoms with E-state index in [1.165, 1.54) is 4.90 Å². The molecule has 0 spiro atoms. The summed E-state index contributed by atoms with van der Waals surface area (Å²) in [6.07, 6.45) is 2.14. The molecule has 1 unspecified atom stereocenters. The van der Waals surface area contributed by atoms with Crippen molar-refractivity contribution in [2.75, 3.05) is 26.3 Å². The fourth-order valence-corrected chi connectivity index (χ4v) is 1.85. The Kier molecular flexibility index (Phi) is 3.33. The predicted molar refractivity (Wildman–Crippen MR) is 56.2 cm³/mol. The van der Waals surface area contributed by atoms with Gasteiger partial charge in [0.1, 0.15) is 6.61 Å². The highest BCUT2D eigenvalue weighted by Gasteiger charge is 2.46. The van der Waals surface area contributed by atoms with Crippen LogP contribution in [0, 0.1) is 5.92 Å². The number of rotatable bonds is 5. The SMILES string of the molecule is O=C(COCC1CC1)N1CCC(F)(C(=O)O)C1. The lowest BCUT2D eigenvalue weighted by molar-refractivity contribution is -0.150. The second-order valence-electron chi connectivity index (χ2n) is 4.79. The van der Waals surface area contributed by atoms with E-state index in [1.54, 1.807) is 0 Å². The highest BCUT2D eigenvalue weighted by atomic mass is 19.1. The quantitative estimate of drug-likeness (QED) is 0.763. The second kappa shape index (κ2) is 4.60. The summed E-state index contributed by atoms with van der Waals surface area (Å²) in [6.45, 7) is 0.272. The monoisotopic (exact) mass is 245 g/mol. The molecule has 2 fully saturated rings. The van der Waals surface area contributed by atoms with E-state index >= 15 is 0 Å². The summed E-state index contributed by atoms with van der Waals surface area (Å²) in [5, 5.41) is 8.68. The number of amides is 1. The van der Waals surface area contributed by atoms with E-state index < -0.39 is 11.6 Å². The van der Waals surface area contributed by atoms with Crippen LogP contribution in [-0.4, -0.2) is 53.9 Å². The first-order chi connectivity index (χ1) is 8.01. The number of carbonyl (C=O) groups is 2. The Bertz CT molecular complexity index is 331. The van der Waals surface area contributed by atoms with E-state index in [0.29, 0.717) is 12.5 Å². The second-order valence-corrected chi connectivity index (χ2v) is 4.79. The zero-order valence-corrected chi connectivity index (χ0v) is 9.52. The summed E-state index contributed by atoms with van der Waals surface area (Å²) >= 11 is 0. The number of alkyl halides is 1. The summed E-state index contributed by atoms with van der Waals surface area (Å²) in [4.78, 5) is 23.5. The Morgan fingerprint density at radius 3 is 2.71 bits per heavy atom. The van der Waals surface area contributed by atoms with Crippen LogP contribution in [0.3, 0.4) is 0 Å². The van der Waals surface area contributed by atoms with Crippen LogP contribution in [0.25, 0.3) is 0 Å². The van der Waals surface area contributed by atoms with Gasteiger partial charge in [-0.2, -0.15) is 0 Å². The molecule has 1 heterocycles. The van der Waals surface area contributed by atoms with Crippen molar-refractivity contribution < 1.29 is 23.8 Å². The van der Waals surface area contributed by atoms with Crippen molar-refractivity contribution in [2.45, 2.75) is 24.9 Å². The average Bonchev–Trinajstić information content (AvgIpc) is 3.00. The van der Waals surface area contributed by atoms with Crippen LogP contribution >= 0.6 is 0 Å². The number of carboxylic acid groups (broad SMARTS) is 1. The van der Waals surface area contributed by atoms with Gasteiger partial charge in [-0.1, -0.05) is 0 Å². The minimum atomic E-state index is -2.29. The number of aliphatic carboxylic acids is 1. The molecule has 6 heteroatoms. The number of ether oxygens (including phenoxy) is 1. The lowest BCUT2D eigenvalue weighted by atomic mass is 10.1. The molecule has 0 bridgehead atoms. The Morgan fingerprint density at radius 2 is 2.18 bits per heavy atom. The van der Waals surface area contributed by atoms with E-state index in [-0.39, 0.29) is 32.0 Å². The standard InChI is InChI=1S/C11H16FNO4/c12-11(10(15)16)3-4-13(7-11)9(14)6-17-5-8-1-2-8/h8H,1-7H2,(H,15,16). The van der Waals surface area contributed by atoms with Gasteiger partial charge in [0.15, 0.2) is 0 Å². The molecule has 17 heavy (non-hydrogen) atoms. The molecule has 96 valence electrons. The first kappa shape index (κ1) is 12.3. The number of carboxylic acids is 1. The molecule has 0 aromatic carbocycles. The molecule has 1 aliphatic heterocycles. The van der Waals surface area contributed by atoms with Crippen LogP contribution in [0.4, 0.5) is 4.39 Å². The smallest absolute Gasteiger partial charge is 0.343 e. The summed E-state index contributed by atoms with van der Waals surface area (Å²) < 4.78 is 18.9. The van der Waals surface area contributed by atoms with Crippen LogP contribution in [0.15, 0.2) is 0 Å². The average molecular weight is 245 g/mol. The largest absolute Gasteiger partial charge is 0.479 e. The number of halogens is 1. The van der Waals surface area contributed by atoms with Gasteiger partial charge in [-0.3, -0.25) is 4.79 Å². The van der Waals surface area contributed by atoms with E-state index in [4.69, 9.17) is 9.84 Å². The number of nitrogens with zero attached hydrogens (tertiary/aromatic N) is 1. The highest BCUT2D eigenvalue weighted by Crippen LogP contribution is 2.29. The minimum absolute atomic E-state index is 0.0772. The third-order valence-electron chi connectivity index (χ3n) is 3.23. The van der Waals surface area contributed by atoms with Gasteiger partial charge in [-0.15, -0.1) is 0 Å². The van der Waals surface area contributed by atoms with Gasteiger partial charge < -0.3 is 14.7 Å². The van der Waals surface area contributed by atoms with Gasteiger partial charge in [-0.25, -0.2) is 9.18 Å². The van der Waals surface area contributed by atoms with Crippen molar-refractivity contribution in [2.24, 2.45) is 5.92 Å². The van der Waals surface area contributed by atoms with Gasteiger partial charge in [0.25, 0.3) is 0 Å². The first-order valence-electron chi connectivity index (χ1n) is 5.79. The van der Waals surface area contributed by atoms with Crippen LogP contribution < -0.4 is 0 Å². The number of hydrogen-bond donors (Lipinski definition) is 1. The number of hydrogen-bond acceptors (Lipinski definition) is 3. The summed E-state index contributed by atoms with van der Waals surface area (Å²) in [6, 6.07) is 0. The molecular weight excluding hydrogens is 229 g/mol. The van der Waals surface area contributed by atoms with Gasteiger partial charge in [0.05, 0.1) is 13.2 Å². The third kappa shape index (κ3) is 2.94. The van der Waals surface area contributed by atoms with Gasteiger partial charge in [0, 0.05) is 13.0 Å². The predicted octanol–water partition coefficient (Wildman–Crippen LogP) is 0.438. The molecule has 0 aromatic rings. The first-order valence-corrected chi connectivity index (χ1v) is 5.79. The van der Waals surface area contributed by atoms with Crippen molar-refractivity contribution in [1.82, 2.24) is 4.90 Å². The third-order valence-corrected chi connectivity index (χ3v) is 3.23. The van der Waals surface area contributed by atoms with Crippen molar-refractivity contribution >= 4 is 11.9 Å². The molecule has 1 saturated carbocycles. The Labute approximate surface area is 98.5 Å². The van der Waals surface area contributed by atoms with Crippen molar-refractivity contribution in [3.8, 4) is 0 Å². The summed E-state index contributed by atoms with van der Waals surface area (Å²) in [7, 11) is 0. The maximum Gasteiger partial charge on any atom is 0.343 e. The zero-order chi connectivity index (χ0) is 12.5. The number of carbonyl (C=O) groups excluding carboxylic acids is 1. The molecule has 2 aliphatic rings. The topological polar surface area (TPSA) is 66.8 Å². The summed E-state index contributed by atoms with van der Waals surface area (Å²) in [5.41, 5.74) is -2.29. The van der Waals surface area contributed by atoms with E-state index in [1.807, 2.05) is 0 Å². The molecule has 1 atom stereocenters. The van der Waals surface area contributed by atoms with Crippen molar-refractivity contribution in [3.63, 3.8) is 0 Å².